The Morgan fingerprint density at radius 1 is 1.69 bits per heavy atom. The molecule has 0 radical (unpaired) electrons. The first kappa shape index (κ1) is 12.7. The number of rotatable bonds is 6. The Kier molecular flexibility index (Phi) is 4.98. The van der Waals surface area contributed by atoms with Crippen LogP contribution in [0.5, 0.6) is 0 Å². The van der Waals surface area contributed by atoms with Crippen LogP contribution in [-0.4, -0.2) is 35.9 Å². The number of carbonyl (C=O) groups is 1. The molecule has 0 bridgehead atoms. The van der Waals surface area contributed by atoms with E-state index in [1.807, 2.05) is 26.1 Å². The number of amides is 1. The number of aryl methyl sites for hydroxylation is 1. The van der Waals surface area contributed by atoms with Gasteiger partial charge in [0.05, 0.1) is 5.69 Å². The van der Waals surface area contributed by atoms with Gasteiger partial charge in [-0.15, -0.1) is 0 Å². The SMILES string of the molecule is COCCCNC(=O)C(C)n1ccc(C)n1. The van der Waals surface area contributed by atoms with Crippen LogP contribution in [-0.2, 0) is 9.53 Å². The lowest BCUT2D eigenvalue weighted by Crippen LogP contribution is -2.32. The summed E-state index contributed by atoms with van der Waals surface area (Å²) in [6.45, 7) is 5.03. The topological polar surface area (TPSA) is 56.1 Å². The van der Waals surface area contributed by atoms with Crippen molar-refractivity contribution in [3.8, 4) is 0 Å². The average Bonchev–Trinajstić information content (AvgIpc) is 2.70. The third-order valence-corrected chi connectivity index (χ3v) is 2.34. The van der Waals surface area contributed by atoms with Crippen molar-refractivity contribution in [3.05, 3.63) is 18.0 Å². The second kappa shape index (κ2) is 6.27. The van der Waals surface area contributed by atoms with Crippen molar-refractivity contribution in [3.63, 3.8) is 0 Å². The van der Waals surface area contributed by atoms with Gasteiger partial charge in [0.15, 0.2) is 0 Å². The molecule has 0 fully saturated rings. The van der Waals surface area contributed by atoms with Crippen LogP contribution in [0.1, 0.15) is 25.1 Å². The van der Waals surface area contributed by atoms with Crippen molar-refractivity contribution in [1.82, 2.24) is 15.1 Å². The first-order valence-corrected chi connectivity index (χ1v) is 5.43. The van der Waals surface area contributed by atoms with Gasteiger partial charge in [-0.2, -0.15) is 5.10 Å². The molecule has 1 N–H and O–H groups in total. The third-order valence-electron chi connectivity index (χ3n) is 2.34. The van der Waals surface area contributed by atoms with Crippen molar-refractivity contribution >= 4 is 5.91 Å². The molecule has 1 unspecified atom stereocenters. The molecule has 1 heterocycles. The van der Waals surface area contributed by atoms with Gasteiger partial charge in [0.25, 0.3) is 0 Å². The van der Waals surface area contributed by atoms with Crippen LogP contribution in [0.2, 0.25) is 0 Å². The van der Waals surface area contributed by atoms with Crippen LogP contribution in [0.25, 0.3) is 0 Å². The van der Waals surface area contributed by atoms with E-state index in [9.17, 15) is 4.79 Å². The largest absolute Gasteiger partial charge is 0.385 e. The molecule has 1 amide bonds. The minimum atomic E-state index is -0.267. The number of hydrogen-bond acceptors (Lipinski definition) is 3. The standard InChI is InChI=1S/C11H19N3O2/c1-9-5-7-14(13-9)10(2)11(15)12-6-4-8-16-3/h5,7,10H,4,6,8H2,1-3H3,(H,12,15). The molecule has 1 atom stereocenters. The Hall–Kier alpha value is -1.36. The van der Waals surface area contributed by atoms with Crippen LogP contribution in [0.4, 0.5) is 0 Å². The fraction of sp³-hybridized carbons (Fsp3) is 0.636. The monoisotopic (exact) mass is 225 g/mol. The summed E-state index contributed by atoms with van der Waals surface area (Å²) < 4.78 is 6.57. The van der Waals surface area contributed by atoms with Crippen molar-refractivity contribution in [1.29, 1.82) is 0 Å². The number of ether oxygens (including phenoxy) is 1. The molecule has 16 heavy (non-hydrogen) atoms. The lowest BCUT2D eigenvalue weighted by molar-refractivity contribution is -0.124. The fourth-order valence-electron chi connectivity index (χ4n) is 1.34. The van der Waals surface area contributed by atoms with Crippen LogP contribution >= 0.6 is 0 Å². The maximum atomic E-state index is 11.7. The lowest BCUT2D eigenvalue weighted by Gasteiger charge is -2.12. The molecule has 90 valence electrons. The van der Waals surface area contributed by atoms with Crippen molar-refractivity contribution in [2.24, 2.45) is 0 Å². The molecule has 0 aliphatic carbocycles. The lowest BCUT2D eigenvalue weighted by atomic mass is 10.3. The normalized spacial score (nSPS) is 12.4. The molecule has 0 aromatic carbocycles. The Bertz CT molecular complexity index is 336. The molecule has 0 saturated carbocycles. The van der Waals surface area contributed by atoms with E-state index in [1.54, 1.807) is 11.8 Å². The molecule has 5 nitrogen and oxygen atoms in total. The number of aromatic nitrogens is 2. The number of nitrogens with zero attached hydrogens (tertiary/aromatic N) is 2. The first-order valence-electron chi connectivity index (χ1n) is 5.43. The summed E-state index contributed by atoms with van der Waals surface area (Å²) in [6, 6.07) is 1.62. The van der Waals surface area contributed by atoms with Gasteiger partial charge < -0.3 is 10.1 Å². The van der Waals surface area contributed by atoms with Crippen molar-refractivity contribution < 1.29 is 9.53 Å². The molecule has 0 saturated heterocycles. The van der Waals surface area contributed by atoms with E-state index in [1.165, 1.54) is 0 Å². The van der Waals surface area contributed by atoms with Crippen molar-refractivity contribution in [2.75, 3.05) is 20.3 Å². The molecule has 1 aromatic heterocycles. The van der Waals surface area contributed by atoms with Gasteiger partial charge in [-0.1, -0.05) is 0 Å². The predicted octanol–water partition coefficient (Wildman–Crippen LogP) is 0.905. The zero-order valence-electron chi connectivity index (χ0n) is 10.1. The summed E-state index contributed by atoms with van der Waals surface area (Å²) in [7, 11) is 1.65. The average molecular weight is 225 g/mol. The molecule has 5 heteroatoms. The Morgan fingerprint density at radius 3 is 3.00 bits per heavy atom. The maximum Gasteiger partial charge on any atom is 0.244 e. The number of nitrogens with one attached hydrogen (secondary N) is 1. The summed E-state index contributed by atoms with van der Waals surface area (Å²) in [5, 5.41) is 7.05. The number of hydrogen-bond donors (Lipinski definition) is 1. The van der Waals surface area contributed by atoms with E-state index in [-0.39, 0.29) is 11.9 Å². The summed E-state index contributed by atoms with van der Waals surface area (Å²) in [6.07, 6.45) is 2.64. The van der Waals surface area contributed by atoms with Gasteiger partial charge in [0.2, 0.25) is 5.91 Å². The molecular formula is C11H19N3O2. The highest BCUT2D eigenvalue weighted by atomic mass is 16.5. The molecule has 0 aliphatic rings. The highest BCUT2D eigenvalue weighted by Crippen LogP contribution is 2.04. The zero-order chi connectivity index (χ0) is 12.0. The van der Waals surface area contributed by atoms with E-state index >= 15 is 0 Å². The number of carbonyl (C=O) groups excluding carboxylic acids is 1. The van der Waals surface area contributed by atoms with Gasteiger partial charge in [-0.3, -0.25) is 9.48 Å². The van der Waals surface area contributed by atoms with Gasteiger partial charge >= 0.3 is 0 Å². The minimum Gasteiger partial charge on any atom is -0.385 e. The zero-order valence-corrected chi connectivity index (χ0v) is 10.1. The van der Waals surface area contributed by atoms with E-state index in [0.717, 1.165) is 12.1 Å². The molecule has 0 aliphatic heterocycles. The van der Waals surface area contributed by atoms with Gasteiger partial charge in [0.1, 0.15) is 6.04 Å². The second-order valence-electron chi connectivity index (χ2n) is 3.75. The van der Waals surface area contributed by atoms with E-state index < -0.39 is 0 Å². The highest BCUT2D eigenvalue weighted by Gasteiger charge is 2.14. The van der Waals surface area contributed by atoms with Gasteiger partial charge in [0, 0.05) is 26.5 Å². The maximum absolute atomic E-state index is 11.7. The van der Waals surface area contributed by atoms with Gasteiger partial charge in [-0.25, -0.2) is 0 Å². The first-order chi connectivity index (χ1) is 7.65. The second-order valence-corrected chi connectivity index (χ2v) is 3.75. The van der Waals surface area contributed by atoms with Crippen molar-refractivity contribution in [2.45, 2.75) is 26.3 Å². The summed E-state index contributed by atoms with van der Waals surface area (Å²) in [5.41, 5.74) is 0.916. The Morgan fingerprint density at radius 2 is 2.44 bits per heavy atom. The Balaban J connectivity index is 2.36. The third kappa shape index (κ3) is 3.66. The summed E-state index contributed by atoms with van der Waals surface area (Å²) in [4.78, 5) is 11.7. The smallest absolute Gasteiger partial charge is 0.244 e. The van der Waals surface area contributed by atoms with Crippen LogP contribution in [0, 0.1) is 6.92 Å². The molecule has 1 rings (SSSR count). The van der Waals surface area contributed by atoms with E-state index in [2.05, 4.69) is 10.4 Å². The van der Waals surface area contributed by atoms with E-state index in [4.69, 9.17) is 4.74 Å². The Labute approximate surface area is 95.8 Å². The molecular weight excluding hydrogens is 206 g/mol. The molecule has 0 spiro atoms. The van der Waals surface area contributed by atoms with Crippen LogP contribution in [0.3, 0.4) is 0 Å². The molecule has 1 aromatic rings. The van der Waals surface area contributed by atoms with Gasteiger partial charge in [-0.05, 0) is 26.3 Å². The number of methoxy groups -OCH3 is 1. The van der Waals surface area contributed by atoms with E-state index in [0.29, 0.717) is 13.2 Å². The fourth-order valence-corrected chi connectivity index (χ4v) is 1.34. The summed E-state index contributed by atoms with van der Waals surface area (Å²) >= 11 is 0. The quantitative estimate of drug-likeness (QED) is 0.732. The predicted molar refractivity (Wildman–Crippen MR) is 61.2 cm³/mol. The minimum absolute atomic E-state index is 0.0146. The van der Waals surface area contributed by atoms with Crippen LogP contribution < -0.4 is 5.32 Å². The highest BCUT2D eigenvalue weighted by molar-refractivity contribution is 5.79. The summed E-state index contributed by atoms with van der Waals surface area (Å²) in [5.74, 6) is -0.0146. The van der Waals surface area contributed by atoms with Crippen LogP contribution in [0.15, 0.2) is 12.3 Å².